The molecule has 4 aliphatic rings. The summed E-state index contributed by atoms with van der Waals surface area (Å²) in [5, 5.41) is 129. The highest BCUT2D eigenvalue weighted by atomic mass is 16.8. The average Bonchev–Trinajstić information content (AvgIpc) is 3.08. The number of hydrogen-bond acceptors (Lipinski definition) is 21. The third-order valence-electron chi connectivity index (χ3n) is 8.94. The Morgan fingerprint density at radius 1 is 0.509 bits per heavy atom. The Labute approximate surface area is 298 Å². The maximum Gasteiger partial charge on any atom is 0.335 e. The van der Waals surface area contributed by atoms with Gasteiger partial charge in [0.05, 0.1) is 13.2 Å². The number of hydrogen-bond donors (Lipinski definition) is 14. The number of carbonyl (C=O) groups excluding carboxylic acids is 2. The van der Waals surface area contributed by atoms with Crippen LogP contribution < -0.4 is 10.6 Å². The molecule has 14 N–H and O–H groups in total. The van der Waals surface area contributed by atoms with Crippen molar-refractivity contribution in [3.63, 3.8) is 0 Å². The fourth-order valence-electron chi connectivity index (χ4n) is 6.30. The number of amides is 2. The predicted octanol–water partition coefficient (Wildman–Crippen LogP) is -9.28. The van der Waals surface area contributed by atoms with E-state index in [1.165, 1.54) is 0 Å². The Bertz CT molecular complexity index is 1300. The first-order valence-electron chi connectivity index (χ1n) is 16.1. The molecule has 25 nitrogen and oxygen atoms in total. The van der Waals surface area contributed by atoms with E-state index in [4.69, 9.17) is 33.2 Å². The van der Waals surface area contributed by atoms with Crippen molar-refractivity contribution in [1.82, 2.24) is 10.6 Å². The number of nitrogens with one attached hydrogen (secondary N) is 2. The van der Waals surface area contributed by atoms with Gasteiger partial charge >= 0.3 is 11.9 Å². The molecule has 0 saturated carbocycles. The van der Waals surface area contributed by atoms with Gasteiger partial charge in [0.2, 0.25) is 11.8 Å². The molecule has 2 amide bonds. The van der Waals surface area contributed by atoms with E-state index in [-0.39, 0.29) is 0 Å². The van der Waals surface area contributed by atoms with Crippen LogP contribution in [0.25, 0.3) is 0 Å². The lowest BCUT2D eigenvalue weighted by molar-refractivity contribution is -0.368. The summed E-state index contributed by atoms with van der Waals surface area (Å²) in [5.74, 6) is -5.28. The van der Waals surface area contributed by atoms with Crippen LogP contribution in [0.4, 0.5) is 0 Å². The molecule has 4 fully saturated rings. The highest BCUT2D eigenvalue weighted by molar-refractivity contribution is 5.74. The molecule has 4 aliphatic heterocycles. The smallest absolute Gasteiger partial charge is 0.335 e. The normalized spacial score (nSPS) is 46.3. The van der Waals surface area contributed by atoms with Gasteiger partial charge in [-0.3, -0.25) is 9.59 Å². The molecule has 0 spiro atoms. The van der Waals surface area contributed by atoms with E-state index >= 15 is 0 Å². The lowest BCUT2D eigenvalue weighted by Crippen LogP contribution is -2.70. The van der Waals surface area contributed by atoms with E-state index in [9.17, 15) is 80.5 Å². The van der Waals surface area contributed by atoms with Crippen molar-refractivity contribution in [2.24, 2.45) is 0 Å². The molecular formula is C28H44N2O23. The van der Waals surface area contributed by atoms with Crippen LogP contribution in [-0.2, 0) is 52.3 Å². The predicted molar refractivity (Wildman–Crippen MR) is 158 cm³/mol. The van der Waals surface area contributed by atoms with Crippen LogP contribution in [0.2, 0.25) is 0 Å². The van der Waals surface area contributed by atoms with Crippen molar-refractivity contribution in [2.45, 2.75) is 137 Å². The van der Waals surface area contributed by atoms with Gasteiger partial charge in [-0.25, -0.2) is 9.59 Å². The summed E-state index contributed by atoms with van der Waals surface area (Å²) in [7, 11) is 0. The fraction of sp³-hybridized carbons (Fsp3) is 0.857. The zero-order valence-electron chi connectivity index (χ0n) is 27.8. The van der Waals surface area contributed by atoms with Crippen LogP contribution in [0.15, 0.2) is 0 Å². The maximum absolute atomic E-state index is 12.5. The highest BCUT2D eigenvalue weighted by Crippen LogP contribution is 2.34. The summed E-state index contributed by atoms with van der Waals surface area (Å²) in [4.78, 5) is 48.2. The van der Waals surface area contributed by atoms with Gasteiger partial charge in [-0.2, -0.15) is 0 Å². The van der Waals surface area contributed by atoms with Gasteiger partial charge in [-0.15, -0.1) is 0 Å². The molecular weight excluding hydrogens is 732 g/mol. The molecule has 0 aromatic heterocycles. The fourth-order valence-corrected chi connectivity index (χ4v) is 6.30. The van der Waals surface area contributed by atoms with Gasteiger partial charge in [0.25, 0.3) is 0 Å². The minimum absolute atomic E-state index is 0.752. The van der Waals surface area contributed by atoms with Crippen molar-refractivity contribution in [3.05, 3.63) is 0 Å². The summed E-state index contributed by atoms with van der Waals surface area (Å²) in [6, 6.07) is -3.38. The molecule has 0 aliphatic carbocycles. The summed E-state index contributed by atoms with van der Waals surface area (Å²) in [6.45, 7) is 0.116. The minimum Gasteiger partial charge on any atom is -0.479 e. The van der Waals surface area contributed by atoms with Gasteiger partial charge in [0.1, 0.15) is 85.3 Å². The summed E-state index contributed by atoms with van der Waals surface area (Å²) >= 11 is 0. The molecule has 0 aromatic carbocycles. The molecule has 0 bridgehead atoms. The van der Waals surface area contributed by atoms with Crippen LogP contribution in [0, 0.1) is 0 Å². The Morgan fingerprint density at radius 2 is 0.943 bits per heavy atom. The van der Waals surface area contributed by atoms with Gasteiger partial charge in [-0.1, -0.05) is 0 Å². The Morgan fingerprint density at radius 3 is 1.43 bits per heavy atom. The zero-order valence-corrected chi connectivity index (χ0v) is 27.8. The lowest BCUT2D eigenvalue weighted by Gasteiger charge is -2.49. The van der Waals surface area contributed by atoms with E-state index in [0.29, 0.717) is 0 Å². The quantitative estimate of drug-likeness (QED) is 0.0875. The molecule has 53 heavy (non-hydrogen) atoms. The number of rotatable bonds is 12. The Hall–Kier alpha value is -2.80. The average molecular weight is 777 g/mol. The molecule has 25 heteroatoms. The van der Waals surface area contributed by atoms with Crippen molar-refractivity contribution >= 4 is 23.8 Å². The molecule has 4 rings (SSSR count). The van der Waals surface area contributed by atoms with Gasteiger partial charge < -0.3 is 105 Å². The van der Waals surface area contributed by atoms with Crippen LogP contribution in [-0.4, -0.2) is 221 Å². The lowest BCUT2D eigenvalue weighted by atomic mass is 9.94. The molecule has 304 valence electrons. The maximum atomic E-state index is 12.5. The molecule has 9 unspecified atom stereocenters. The number of aliphatic hydroxyl groups is 10. The van der Waals surface area contributed by atoms with Crippen molar-refractivity contribution in [1.29, 1.82) is 0 Å². The first kappa shape index (κ1) is 42.9. The summed E-state index contributed by atoms with van der Waals surface area (Å²) in [6.07, 6.45) is -36.5. The number of carboxylic acids is 2. The first-order chi connectivity index (χ1) is 24.8. The topological polar surface area (TPSA) is 400 Å². The van der Waals surface area contributed by atoms with Crippen LogP contribution in [0.5, 0.6) is 0 Å². The second kappa shape index (κ2) is 17.8. The van der Waals surface area contributed by atoms with Crippen molar-refractivity contribution in [3.8, 4) is 0 Å². The summed E-state index contributed by atoms with van der Waals surface area (Å²) < 4.78 is 38.0. The monoisotopic (exact) mass is 776 g/mol. The van der Waals surface area contributed by atoms with Crippen molar-refractivity contribution < 1.29 is 114 Å². The van der Waals surface area contributed by atoms with E-state index in [2.05, 4.69) is 10.6 Å². The molecule has 0 radical (unpaired) electrons. The third-order valence-corrected chi connectivity index (χ3v) is 8.94. The Kier molecular flexibility index (Phi) is 14.4. The zero-order chi connectivity index (χ0) is 39.6. The van der Waals surface area contributed by atoms with Crippen molar-refractivity contribution in [2.75, 3.05) is 13.2 Å². The van der Waals surface area contributed by atoms with Gasteiger partial charge in [0.15, 0.2) is 37.4 Å². The molecule has 4 heterocycles. The Balaban J connectivity index is 1.62. The first-order valence-corrected chi connectivity index (χ1v) is 16.1. The van der Waals surface area contributed by atoms with E-state index in [0.717, 1.165) is 13.8 Å². The second-order valence-electron chi connectivity index (χ2n) is 12.7. The minimum atomic E-state index is -2.30. The number of carboxylic acid groups (broad SMARTS) is 2. The van der Waals surface area contributed by atoms with Crippen LogP contribution in [0.1, 0.15) is 13.8 Å². The molecule has 20 atom stereocenters. The van der Waals surface area contributed by atoms with Crippen LogP contribution >= 0.6 is 0 Å². The van der Waals surface area contributed by atoms with E-state index in [1.54, 1.807) is 0 Å². The standard InChI is InChI=1S/C28H44N2O23/c1-5(33)29-9-18(11(35)7(3-31)47-25(9)46)49-28-17(41)15(39)20(22(53-28)24(44)45)51-26-10(30-6(2)34)19(12(36)8(4-32)48-26)50-27-16(40)13(37)14(38)21(52-27)23(42)43/h7-22,25-28,31-32,35-41,46H,3-4H2,1-2H3,(H,29,33)(H,30,34)(H,42,43)(H,44,45)/t7?,8?,9?,10?,11-,12-,13+,14+,15-,16?,17?,18-,19-,20-,21?,22?,25?,26+,27-,28-/m1/s1. The van der Waals surface area contributed by atoms with E-state index in [1.807, 2.05) is 0 Å². The second-order valence-corrected chi connectivity index (χ2v) is 12.7. The largest absolute Gasteiger partial charge is 0.479 e. The third kappa shape index (κ3) is 9.19. The molecule has 4 saturated heterocycles. The number of aliphatic hydroxyl groups excluding tert-OH is 10. The van der Waals surface area contributed by atoms with Gasteiger partial charge in [0, 0.05) is 13.8 Å². The number of aliphatic carboxylic acids is 2. The van der Waals surface area contributed by atoms with Crippen LogP contribution in [0.3, 0.4) is 0 Å². The number of ether oxygens (including phenoxy) is 7. The number of carbonyl (C=O) groups is 4. The van der Waals surface area contributed by atoms with E-state index < -0.39 is 160 Å². The highest BCUT2D eigenvalue weighted by Gasteiger charge is 2.57. The SMILES string of the molecule is CC(=O)NC1C(O)OC(CO)[C@@H](O)[C@@H]1O[C@@H]1OC(C(=O)O)[C@H](O[C@@H]2OC(CO)[C@@H](O)[C@H](O[C@@H]3OC(C(=O)O)[C@@H](O)[C@H](O)C3O)C2NC(C)=O)[C@H](O)C1O. The summed E-state index contributed by atoms with van der Waals surface area (Å²) in [5.41, 5.74) is 0. The molecule has 0 aromatic rings. The van der Waals surface area contributed by atoms with Gasteiger partial charge in [-0.05, 0) is 0 Å².